The highest BCUT2D eigenvalue weighted by atomic mass is 32.1. The second-order valence-electron chi connectivity index (χ2n) is 7.00. The number of hydrogen-bond acceptors (Lipinski definition) is 6. The lowest BCUT2D eigenvalue weighted by Gasteiger charge is -2.26. The average molecular weight is 401 g/mol. The number of hydrogen-bond donors (Lipinski definition) is 1. The number of aromatic nitrogens is 1. The highest BCUT2D eigenvalue weighted by molar-refractivity contribution is 7.15. The first-order valence-electron chi connectivity index (χ1n) is 9.47. The molecule has 0 saturated carbocycles. The number of rotatable bonds is 5. The largest absolute Gasteiger partial charge is 0.484 e. The molecule has 148 valence electrons. The van der Waals surface area contributed by atoms with E-state index in [-0.39, 0.29) is 24.5 Å². The predicted octanol–water partition coefficient (Wildman–Crippen LogP) is 2.53. The van der Waals surface area contributed by atoms with Crippen LogP contribution in [-0.2, 0) is 27.3 Å². The minimum Gasteiger partial charge on any atom is -0.484 e. The molecule has 2 aliphatic heterocycles. The van der Waals surface area contributed by atoms with Gasteiger partial charge in [-0.25, -0.2) is 4.98 Å². The topological polar surface area (TPSA) is 80.8 Å². The fourth-order valence-corrected chi connectivity index (χ4v) is 4.41. The van der Waals surface area contributed by atoms with E-state index in [4.69, 9.17) is 9.47 Å². The summed E-state index contributed by atoms with van der Waals surface area (Å²) < 4.78 is 11.1. The molecule has 1 atom stereocenters. The Kier molecular flexibility index (Phi) is 5.59. The molecule has 4 rings (SSSR count). The van der Waals surface area contributed by atoms with Gasteiger partial charge in [-0.05, 0) is 31.4 Å². The van der Waals surface area contributed by atoms with E-state index in [1.54, 1.807) is 4.90 Å². The van der Waals surface area contributed by atoms with Crippen molar-refractivity contribution in [3.05, 3.63) is 40.4 Å². The number of carbonyl (C=O) groups excluding carboxylic acids is 2. The lowest BCUT2D eigenvalue weighted by Crippen LogP contribution is -2.38. The fourth-order valence-electron chi connectivity index (χ4n) is 3.38. The molecule has 1 aromatic carbocycles. The Morgan fingerprint density at radius 3 is 3.04 bits per heavy atom. The van der Waals surface area contributed by atoms with Crippen molar-refractivity contribution < 1.29 is 19.1 Å². The van der Waals surface area contributed by atoms with Crippen LogP contribution in [0.3, 0.4) is 0 Å². The molecule has 2 aromatic rings. The van der Waals surface area contributed by atoms with Crippen LogP contribution < -0.4 is 10.1 Å². The molecule has 3 heterocycles. The summed E-state index contributed by atoms with van der Waals surface area (Å²) in [4.78, 5) is 32.1. The molecule has 1 aromatic heterocycles. The van der Waals surface area contributed by atoms with Crippen LogP contribution >= 0.6 is 11.3 Å². The quantitative estimate of drug-likeness (QED) is 0.833. The number of para-hydroxylation sites is 1. The Morgan fingerprint density at radius 2 is 2.25 bits per heavy atom. The second kappa shape index (κ2) is 8.28. The number of carbonyl (C=O) groups is 2. The van der Waals surface area contributed by atoms with Crippen molar-refractivity contribution in [2.24, 2.45) is 0 Å². The van der Waals surface area contributed by atoms with Gasteiger partial charge >= 0.3 is 0 Å². The summed E-state index contributed by atoms with van der Waals surface area (Å²) in [6.45, 7) is 3.71. The maximum absolute atomic E-state index is 12.5. The molecule has 1 fully saturated rings. The van der Waals surface area contributed by atoms with Gasteiger partial charge in [-0.15, -0.1) is 0 Å². The third-order valence-corrected chi connectivity index (χ3v) is 5.98. The number of thiazole rings is 1. The van der Waals surface area contributed by atoms with Crippen molar-refractivity contribution in [1.29, 1.82) is 0 Å². The molecule has 1 unspecified atom stereocenters. The van der Waals surface area contributed by atoms with Crippen LogP contribution in [0.5, 0.6) is 5.75 Å². The maximum Gasteiger partial charge on any atom is 0.260 e. The highest BCUT2D eigenvalue weighted by Gasteiger charge is 2.27. The minimum atomic E-state index is -0.377. The van der Waals surface area contributed by atoms with Crippen molar-refractivity contribution in [2.75, 3.05) is 25.1 Å². The van der Waals surface area contributed by atoms with Gasteiger partial charge in [0.2, 0.25) is 0 Å². The van der Waals surface area contributed by atoms with Crippen LogP contribution in [0, 0.1) is 6.92 Å². The maximum atomic E-state index is 12.5. The molecule has 0 aliphatic carbocycles. The van der Waals surface area contributed by atoms with E-state index in [2.05, 4.69) is 10.3 Å². The van der Waals surface area contributed by atoms with E-state index in [0.717, 1.165) is 34.7 Å². The molecular formula is C20H23N3O4S. The Labute approximate surface area is 167 Å². The van der Waals surface area contributed by atoms with Gasteiger partial charge in [-0.2, -0.15) is 0 Å². The number of fused-ring (bicyclic) bond motifs is 1. The van der Waals surface area contributed by atoms with Gasteiger partial charge in [0.05, 0.1) is 12.2 Å². The van der Waals surface area contributed by atoms with Crippen molar-refractivity contribution in [3.63, 3.8) is 0 Å². The number of aryl methyl sites for hydroxylation is 1. The molecule has 0 spiro atoms. The van der Waals surface area contributed by atoms with E-state index in [9.17, 15) is 9.59 Å². The molecule has 0 bridgehead atoms. The summed E-state index contributed by atoms with van der Waals surface area (Å²) in [5.74, 6) is 0.542. The van der Waals surface area contributed by atoms with Gasteiger partial charge in [0.15, 0.2) is 11.7 Å². The minimum absolute atomic E-state index is 0.0155. The predicted molar refractivity (Wildman–Crippen MR) is 106 cm³/mol. The lowest BCUT2D eigenvalue weighted by molar-refractivity contribution is -0.134. The van der Waals surface area contributed by atoms with Gasteiger partial charge in [-0.3, -0.25) is 14.9 Å². The number of amides is 2. The Hall–Kier alpha value is -2.45. The normalized spacial score (nSPS) is 18.6. The smallest absolute Gasteiger partial charge is 0.260 e. The van der Waals surface area contributed by atoms with E-state index in [1.807, 2.05) is 31.2 Å². The Morgan fingerprint density at radius 1 is 1.39 bits per heavy atom. The van der Waals surface area contributed by atoms with Crippen LogP contribution in [-0.4, -0.2) is 47.6 Å². The first kappa shape index (κ1) is 18.9. The van der Waals surface area contributed by atoms with Gasteiger partial charge in [0.1, 0.15) is 11.9 Å². The van der Waals surface area contributed by atoms with E-state index in [1.165, 1.54) is 11.3 Å². The Balaban J connectivity index is 1.34. The zero-order valence-corrected chi connectivity index (χ0v) is 16.6. The number of nitrogens with zero attached hydrogens (tertiary/aromatic N) is 2. The van der Waals surface area contributed by atoms with Crippen LogP contribution in [0.1, 0.15) is 29.0 Å². The first-order chi connectivity index (χ1) is 13.6. The van der Waals surface area contributed by atoms with Crippen LogP contribution in [0.4, 0.5) is 5.13 Å². The first-order valence-corrected chi connectivity index (χ1v) is 10.3. The van der Waals surface area contributed by atoms with Gasteiger partial charge in [0, 0.05) is 24.4 Å². The summed E-state index contributed by atoms with van der Waals surface area (Å²) in [6, 6.07) is 7.65. The number of benzene rings is 1. The molecule has 7 nitrogen and oxygen atoms in total. The van der Waals surface area contributed by atoms with E-state index < -0.39 is 0 Å². The molecule has 8 heteroatoms. The van der Waals surface area contributed by atoms with Crippen molar-refractivity contribution in [3.8, 4) is 5.75 Å². The summed E-state index contributed by atoms with van der Waals surface area (Å²) >= 11 is 1.43. The van der Waals surface area contributed by atoms with Gasteiger partial charge in [0.25, 0.3) is 11.8 Å². The third kappa shape index (κ3) is 4.18. The summed E-state index contributed by atoms with van der Waals surface area (Å²) in [5.41, 5.74) is 1.96. The molecule has 0 radical (unpaired) electrons. The highest BCUT2D eigenvalue weighted by Crippen LogP contribution is 2.29. The summed E-state index contributed by atoms with van der Waals surface area (Å²) in [7, 11) is 0. The number of anilines is 1. The zero-order chi connectivity index (χ0) is 19.5. The zero-order valence-electron chi connectivity index (χ0n) is 15.8. The molecule has 28 heavy (non-hydrogen) atoms. The fraction of sp³-hybridized carbons (Fsp3) is 0.450. The Bertz CT molecular complexity index is 876. The number of nitrogens with one attached hydrogen (secondary N) is 1. The van der Waals surface area contributed by atoms with Crippen molar-refractivity contribution >= 4 is 28.3 Å². The van der Waals surface area contributed by atoms with Crippen LogP contribution in [0.15, 0.2) is 24.3 Å². The monoisotopic (exact) mass is 401 g/mol. The van der Waals surface area contributed by atoms with Gasteiger partial charge < -0.3 is 14.4 Å². The molecule has 1 saturated heterocycles. The lowest BCUT2D eigenvalue weighted by atomic mass is 10.2. The molecule has 2 aliphatic rings. The summed E-state index contributed by atoms with van der Waals surface area (Å²) in [5, 5.41) is 3.43. The summed E-state index contributed by atoms with van der Waals surface area (Å²) in [6.07, 6.45) is 1.96. The van der Waals surface area contributed by atoms with Crippen molar-refractivity contribution in [1.82, 2.24) is 9.88 Å². The average Bonchev–Trinajstić information content (AvgIpc) is 3.36. The second-order valence-corrected chi connectivity index (χ2v) is 8.08. The number of ether oxygens (including phenoxy) is 2. The van der Waals surface area contributed by atoms with Crippen LogP contribution in [0.25, 0.3) is 0 Å². The molecule has 1 N–H and O–H groups in total. The molecular weight excluding hydrogens is 378 g/mol. The molecule has 2 amide bonds. The van der Waals surface area contributed by atoms with E-state index >= 15 is 0 Å². The standard InChI is InChI=1S/C20H23N3O4S/c1-13-5-2-3-6-15(13)27-12-18(24)23-9-8-14-17(11-23)28-20(21-14)22-19(25)16-7-4-10-26-16/h2-3,5-6,16H,4,7-12H2,1H3,(H,21,22,25). The van der Waals surface area contributed by atoms with Gasteiger partial charge in [-0.1, -0.05) is 29.5 Å². The van der Waals surface area contributed by atoms with Crippen molar-refractivity contribution in [2.45, 2.75) is 38.8 Å². The SMILES string of the molecule is Cc1ccccc1OCC(=O)N1CCc2nc(NC(=O)C3CCCO3)sc2C1. The van der Waals surface area contributed by atoms with E-state index in [0.29, 0.717) is 31.2 Å². The third-order valence-electron chi connectivity index (χ3n) is 4.98. The van der Waals surface area contributed by atoms with Crippen LogP contribution in [0.2, 0.25) is 0 Å².